The number of thioether (sulfide) groups is 1. The van der Waals surface area contributed by atoms with Crippen LogP contribution in [0.4, 0.5) is 0 Å². The van der Waals surface area contributed by atoms with Crippen molar-refractivity contribution in [3.05, 3.63) is 34.6 Å². The summed E-state index contributed by atoms with van der Waals surface area (Å²) in [5.41, 5.74) is 1.34. The fraction of sp³-hybridized carbons (Fsp3) is 0.529. The molecule has 1 atom stereocenters. The zero-order chi connectivity index (χ0) is 17.9. The summed E-state index contributed by atoms with van der Waals surface area (Å²) in [7, 11) is 2.17. The van der Waals surface area contributed by atoms with Gasteiger partial charge in [0.25, 0.3) is 5.56 Å². The Hall–Kier alpha value is -1.97. The van der Waals surface area contributed by atoms with E-state index in [0.29, 0.717) is 10.9 Å². The standard InChI is InChI=1S/C17H23N7OS/c1-23-6-8-24(9-7-23)5-4-19-17-22-13(10-26-17)15-14-12(2-3-18-15)16(25)21-11-20-14/h2-3,11,13H,4-10H2,1H3,(H,19,22)(H,20,21,25). The second kappa shape index (κ2) is 7.73. The van der Waals surface area contributed by atoms with Gasteiger partial charge in [0, 0.05) is 44.7 Å². The van der Waals surface area contributed by atoms with Crippen LogP contribution in [0.3, 0.4) is 0 Å². The van der Waals surface area contributed by atoms with Gasteiger partial charge in [0.15, 0.2) is 5.17 Å². The molecule has 0 radical (unpaired) electrons. The molecule has 2 saturated heterocycles. The Bertz CT molecular complexity index is 860. The molecule has 1 unspecified atom stereocenters. The number of rotatable bonds is 4. The van der Waals surface area contributed by atoms with Gasteiger partial charge < -0.3 is 15.2 Å². The number of pyridine rings is 1. The van der Waals surface area contributed by atoms with E-state index < -0.39 is 0 Å². The van der Waals surface area contributed by atoms with Crippen LogP contribution in [0.15, 0.2) is 28.4 Å². The normalized spacial score (nSPS) is 23.6. The summed E-state index contributed by atoms with van der Waals surface area (Å²) in [6.45, 7) is 6.28. The van der Waals surface area contributed by atoms with E-state index >= 15 is 0 Å². The number of piperazine rings is 1. The van der Waals surface area contributed by atoms with Crippen molar-refractivity contribution in [3.8, 4) is 0 Å². The number of nitrogens with zero attached hydrogens (tertiary/aromatic N) is 5. The second-order valence-corrected chi connectivity index (χ2v) is 7.67. The van der Waals surface area contributed by atoms with Crippen LogP contribution in [-0.2, 0) is 0 Å². The van der Waals surface area contributed by atoms with Crippen LogP contribution >= 0.6 is 11.8 Å². The predicted octanol–water partition coefficient (Wildman–Crippen LogP) is 0.299. The first-order valence-electron chi connectivity index (χ1n) is 8.88. The minimum absolute atomic E-state index is 0.0281. The molecule has 2 fully saturated rings. The Morgan fingerprint density at radius 3 is 3.00 bits per heavy atom. The van der Waals surface area contributed by atoms with Gasteiger partial charge in [0.05, 0.1) is 30.0 Å². The van der Waals surface area contributed by atoms with Crippen molar-refractivity contribution >= 4 is 27.8 Å². The molecule has 0 saturated carbocycles. The number of aromatic nitrogens is 3. The van der Waals surface area contributed by atoms with Gasteiger partial charge in [-0.3, -0.25) is 19.7 Å². The van der Waals surface area contributed by atoms with Crippen molar-refractivity contribution in [2.75, 3.05) is 52.1 Å². The van der Waals surface area contributed by atoms with Crippen LogP contribution in [0.1, 0.15) is 11.7 Å². The number of aliphatic imine (C=N–C) groups is 1. The highest BCUT2D eigenvalue weighted by Gasteiger charge is 2.25. The van der Waals surface area contributed by atoms with Gasteiger partial charge in [-0.25, -0.2) is 4.98 Å². The number of fused-ring (bicyclic) bond motifs is 1. The van der Waals surface area contributed by atoms with E-state index in [1.54, 1.807) is 24.0 Å². The summed E-state index contributed by atoms with van der Waals surface area (Å²) < 4.78 is 0. The Morgan fingerprint density at radius 2 is 2.15 bits per heavy atom. The Morgan fingerprint density at radius 1 is 1.31 bits per heavy atom. The molecular formula is C17H23N7OS. The molecule has 0 aliphatic carbocycles. The molecule has 8 nitrogen and oxygen atoms in total. The summed E-state index contributed by atoms with van der Waals surface area (Å²) in [4.78, 5) is 32.9. The molecular weight excluding hydrogens is 350 g/mol. The molecule has 4 heterocycles. The van der Waals surface area contributed by atoms with Crippen LogP contribution in [-0.4, -0.2) is 82.0 Å². The van der Waals surface area contributed by atoms with Crippen molar-refractivity contribution in [2.24, 2.45) is 4.99 Å². The molecule has 26 heavy (non-hydrogen) atoms. The fourth-order valence-corrected chi connectivity index (χ4v) is 4.25. The van der Waals surface area contributed by atoms with Gasteiger partial charge in [-0.2, -0.15) is 0 Å². The molecule has 0 aromatic carbocycles. The average molecular weight is 373 g/mol. The lowest BCUT2D eigenvalue weighted by atomic mass is 10.1. The summed E-state index contributed by atoms with van der Waals surface area (Å²) in [6, 6.07) is 1.73. The largest absolute Gasteiger partial charge is 0.356 e. The van der Waals surface area contributed by atoms with Crippen LogP contribution < -0.4 is 10.9 Å². The van der Waals surface area contributed by atoms with Crippen molar-refractivity contribution < 1.29 is 0 Å². The van der Waals surface area contributed by atoms with Crippen molar-refractivity contribution in [2.45, 2.75) is 6.04 Å². The van der Waals surface area contributed by atoms with E-state index in [1.165, 1.54) is 6.33 Å². The number of hydrogen-bond donors (Lipinski definition) is 2. The maximum Gasteiger partial charge on any atom is 0.258 e. The molecule has 4 rings (SSSR count). The fourth-order valence-electron chi connectivity index (χ4n) is 3.27. The third-order valence-electron chi connectivity index (χ3n) is 4.87. The van der Waals surface area contributed by atoms with E-state index in [0.717, 1.165) is 55.9 Å². The Kier molecular flexibility index (Phi) is 5.18. The molecule has 0 bridgehead atoms. The molecule has 2 aromatic heterocycles. The van der Waals surface area contributed by atoms with Crippen LogP contribution in [0.2, 0.25) is 0 Å². The van der Waals surface area contributed by atoms with E-state index in [1.807, 2.05) is 0 Å². The number of H-pyrrole nitrogens is 1. The highest BCUT2D eigenvalue weighted by molar-refractivity contribution is 8.14. The van der Waals surface area contributed by atoms with Gasteiger partial charge in [0.2, 0.25) is 0 Å². The van der Waals surface area contributed by atoms with Gasteiger partial charge in [0.1, 0.15) is 5.52 Å². The van der Waals surface area contributed by atoms with Crippen molar-refractivity contribution in [1.29, 1.82) is 0 Å². The SMILES string of the molecule is CN1CCN(CCN=C2NC(c3nccc4c(=O)[nH]cnc34)CS2)CC1. The zero-order valence-electron chi connectivity index (χ0n) is 14.8. The van der Waals surface area contributed by atoms with Gasteiger partial charge in [-0.15, -0.1) is 0 Å². The smallest absolute Gasteiger partial charge is 0.258 e. The molecule has 138 valence electrons. The second-order valence-electron chi connectivity index (χ2n) is 6.66. The average Bonchev–Trinajstić information content (AvgIpc) is 3.12. The monoisotopic (exact) mass is 373 g/mol. The highest BCUT2D eigenvalue weighted by Crippen LogP contribution is 2.27. The van der Waals surface area contributed by atoms with E-state index in [-0.39, 0.29) is 11.6 Å². The first-order valence-corrected chi connectivity index (χ1v) is 9.86. The van der Waals surface area contributed by atoms with E-state index in [2.05, 4.69) is 37.1 Å². The molecule has 0 spiro atoms. The predicted molar refractivity (Wildman–Crippen MR) is 105 cm³/mol. The molecule has 2 aliphatic rings. The van der Waals surface area contributed by atoms with Crippen molar-refractivity contribution in [1.82, 2.24) is 30.1 Å². The Balaban J connectivity index is 1.39. The first-order chi connectivity index (χ1) is 12.7. The van der Waals surface area contributed by atoms with Crippen LogP contribution in [0, 0.1) is 0 Å². The highest BCUT2D eigenvalue weighted by atomic mass is 32.2. The number of aromatic amines is 1. The van der Waals surface area contributed by atoms with Gasteiger partial charge >= 0.3 is 0 Å². The van der Waals surface area contributed by atoms with Gasteiger partial charge in [-0.05, 0) is 13.1 Å². The minimum atomic E-state index is -0.134. The van der Waals surface area contributed by atoms with Crippen LogP contribution in [0.25, 0.3) is 10.9 Å². The van der Waals surface area contributed by atoms with E-state index in [4.69, 9.17) is 4.99 Å². The summed E-state index contributed by atoms with van der Waals surface area (Å²) in [5, 5.41) is 4.96. The maximum atomic E-state index is 11.9. The lowest BCUT2D eigenvalue weighted by Gasteiger charge is -2.31. The molecule has 0 amide bonds. The summed E-state index contributed by atoms with van der Waals surface area (Å²) in [6.07, 6.45) is 3.10. The van der Waals surface area contributed by atoms with E-state index in [9.17, 15) is 4.79 Å². The van der Waals surface area contributed by atoms with Gasteiger partial charge in [-0.1, -0.05) is 11.8 Å². The molecule has 2 aliphatic heterocycles. The first kappa shape index (κ1) is 17.4. The lowest BCUT2D eigenvalue weighted by Crippen LogP contribution is -2.45. The third kappa shape index (κ3) is 3.74. The number of amidine groups is 1. The third-order valence-corrected chi connectivity index (χ3v) is 5.89. The molecule has 2 aromatic rings. The minimum Gasteiger partial charge on any atom is -0.356 e. The number of hydrogen-bond acceptors (Lipinski definition) is 7. The molecule has 2 N–H and O–H groups in total. The number of likely N-dealkylation sites (N-methyl/N-ethyl adjacent to an activating group) is 1. The topological polar surface area (TPSA) is 89.5 Å². The Labute approximate surface area is 156 Å². The zero-order valence-corrected chi connectivity index (χ0v) is 15.6. The quantitative estimate of drug-likeness (QED) is 0.797. The number of nitrogens with one attached hydrogen (secondary N) is 2. The summed E-state index contributed by atoms with van der Waals surface area (Å²) in [5.74, 6) is 0.841. The molecule has 9 heteroatoms. The van der Waals surface area contributed by atoms with Crippen molar-refractivity contribution in [3.63, 3.8) is 0 Å². The van der Waals surface area contributed by atoms with Crippen LogP contribution in [0.5, 0.6) is 0 Å². The maximum absolute atomic E-state index is 11.9. The lowest BCUT2D eigenvalue weighted by molar-refractivity contribution is 0.157. The summed E-state index contributed by atoms with van der Waals surface area (Å²) >= 11 is 1.70.